The van der Waals surface area contributed by atoms with Gasteiger partial charge in [0.2, 0.25) is 11.7 Å². The van der Waals surface area contributed by atoms with Crippen LogP contribution in [-0.4, -0.2) is 20.1 Å². The molecule has 8 heteroatoms. The summed E-state index contributed by atoms with van der Waals surface area (Å²) in [6.45, 7) is 0.738. The summed E-state index contributed by atoms with van der Waals surface area (Å²) in [5.74, 6) is 1.24. The molecule has 6 nitrogen and oxygen atoms in total. The minimum Gasteiger partial charge on any atom is -0.347 e. The number of aromatic amines is 1. The van der Waals surface area contributed by atoms with Crippen LogP contribution < -0.4 is 5.32 Å². The highest BCUT2D eigenvalue weighted by Crippen LogP contribution is 2.29. The predicted octanol–water partition coefficient (Wildman–Crippen LogP) is 2.67. The number of aromatic nitrogens is 4. The third kappa shape index (κ3) is 2.09. The molecule has 1 aliphatic heterocycles. The summed E-state index contributed by atoms with van der Waals surface area (Å²) in [5.41, 5.74) is 2.19. The maximum Gasteiger partial charge on any atom is 0.244 e. The number of thiophene rings is 1. The van der Waals surface area contributed by atoms with E-state index in [2.05, 4.69) is 41.4 Å². The molecule has 4 rings (SSSR count). The van der Waals surface area contributed by atoms with Gasteiger partial charge in [-0.2, -0.15) is 4.98 Å². The molecule has 4 heterocycles. The van der Waals surface area contributed by atoms with Crippen LogP contribution in [0, 0.1) is 0 Å². The Bertz CT molecular complexity index is 748. The molecule has 1 aliphatic rings. The van der Waals surface area contributed by atoms with Crippen LogP contribution in [-0.2, 0) is 13.0 Å². The van der Waals surface area contributed by atoms with Crippen molar-refractivity contribution in [2.45, 2.75) is 19.0 Å². The first-order chi connectivity index (χ1) is 9.79. The summed E-state index contributed by atoms with van der Waals surface area (Å²) >= 11 is 5.01. The highest BCUT2D eigenvalue weighted by atomic mass is 79.9. The quantitative estimate of drug-likeness (QED) is 0.741. The first-order valence-electron chi connectivity index (χ1n) is 6.12. The lowest BCUT2D eigenvalue weighted by molar-refractivity contribution is 0.319. The van der Waals surface area contributed by atoms with Gasteiger partial charge in [-0.05, 0) is 22.0 Å². The Kier molecular flexibility index (Phi) is 2.94. The standard InChI is InChI=1S/C12H10BrN5OS/c13-6-1-10(20-4-6)11-17-12(19-18-11)8-2-7-9(3-14-8)16-5-15-7/h1,4-5,8,14H,2-3H2,(H,15,16). The van der Waals surface area contributed by atoms with Crippen LogP contribution in [0.4, 0.5) is 0 Å². The highest BCUT2D eigenvalue weighted by Gasteiger charge is 2.26. The van der Waals surface area contributed by atoms with Crippen LogP contribution in [0.3, 0.4) is 0 Å². The van der Waals surface area contributed by atoms with Crippen molar-refractivity contribution in [3.63, 3.8) is 0 Å². The monoisotopic (exact) mass is 351 g/mol. The third-order valence-electron chi connectivity index (χ3n) is 3.26. The van der Waals surface area contributed by atoms with E-state index in [4.69, 9.17) is 4.52 Å². The minimum atomic E-state index is 0.0236. The largest absolute Gasteiger partial charge is 0.347 e. The van der Waals surface area contributed by atoms with Gasteiger partial charge in [0.1, 0.15) is 0 Å². The van der Waals surface area contributed by atoms with Crippen molar-refractivity contribution in [1.82, 2.24) is 25.4 Å². The van der Waals surface area contributed by atoms with E-state index in [0.29, 0.717) is 11.7 Å². The fourth-order valence-electron chi connectivity index (χ4n) is 2.25. The molecular weight excluding hydrogens is 342 g/mol. The van der Waals surface area contributed by atoms with Gasteiger partial charge in [0, 0.05) is 22.8 Å². The first kappa shape index (κ1) is 12.2. The van der Waals surface area contributed by atoms with E-state index in [9.17, 15) is 0 Å². The Morgan fingerprint density at radius 3 is 3.25 bits per heavy atom. The van der Waals surface area contributed by atoms with E-state index in [0.717, 1.165) is 33.7 Å². The molecule has 0 amide bonds. The van der Waals surface area contributed by atoms with E-state index in [1.165, 1.54) is 0 Å². The second kappa shape index (κ2) is 4.80. The molecular formula is C12H10BrN5OS. The Balaban J connectivity index is 1.60. The zero-order valence-corrected chi connectivity index (χ0v) is 12.7. The molecule has 0 radical (unpaired) electrons. The van der Waals surface area contributed by atoms with Crippen molar-refractivity contribution >= 4 is 27.3 Å². The molecule has 0 aliphatic carbocycles. The van der Waals surface area contributed by atoms with Gasteiger partial charge in [-0.1, -0.05) is 5.16 Å². The van der Waals surface area contributed by atoms with Crippen molar-refractivity contribution in [1.29, 1.82) is 0 Å². The topological polar surface area (TPSA) is 79.6 Å². The number of imidazole rings is 1. The lowest BCUT2D eigenvalue weighted by Gasteiger charge is -2.19. The SMILES string of the molecule is Brc1csc(-c2noc(C3Cc4nc[nH]c4CN3)n2)c1. The van der Waals surface area contributed by atoms with Crippen molar-refractivity contribution in [2.24, 2.45) is 0 Å². The van der Waals surface area contributed by atoms with E-state index in [-0.39, 0.29) is 6.04 Å². The summed E-state index contributed by atoms with van der Waals surface area (Å²) in [7, 11) is 0. The molecule has 0 fully saturated rings. The molecule has 0 saturated carbocycles. The van der Waals surface area contributed by atoms with Gasteiger partial charge in [-0.3, -0.25) is 5.32 Å². The molecule has 1 unspecified atom stereocenters. The molecule has 0 bridgehead atoms. The number of hydrogen-bond donors (Lipinski definition) is 2. The second-order valence-corrected chi connectivity index (χ2v) is 6.38. The van der Waals surface area contributed by atoms with E-state index in [1.54, 1.807) is 17.7 Å². The van der Waals surface area contributed by atoms with Crippen LogP contribution >= 0.6 is 27.3 Å². The number of rotatable bonds is 2. The van der Waals surface area contributed by atoms with Crippen LogP contribution in [0.25, 0.3) is 10.7 Å². The van der Waals surface area contributed by atoms with Crippen LogP contribution in [0.2, 0.25) is 0 Å². The van der Waals surface area contributed by atoms with Gasteiger partial charge in [0.15, 0.2) is 0 Å². The summed E-state index contributed by atoms with van der Waals surface area (Å²) in [5, 5.41) is 9.43. The maximum absolute atomic E-state index is 5.39. The molecule has 0 aromatic carbocycles. The normalized spacial score (nSPS) is 18.1. The van der Waals surface area contributed by atoms with Crippen LogP contribution in [0.1, 0.15) is 23.3 Å². The molecule has 1 atom stereocenters. The highest BCUT2D eigenvalue weighted by molar-refractivity contribution is 9.10. The Morgan fingerprint density at radius 1 is 1.45 bits per heavy atom. The van der Waals surface area contributed by atoms with Crippen molar-refractivity contribution < 1.29 is 4.52 Å². The summed E-state index contributed by atoms with van der Waals surface area (Å²) in [6.07, 6.45) is 2.48. The molecule has 0 saturated heterocycles. The van der Waals surface area contributed by atoms with E-state index < -0.39 is 0 Å². The second-order valence-electron chi connectivity index (χ2n) is 4.55. The third-order valence-corrected chi connectivity index (χ3v) is 4.94. The fourth-order valence-corrected chi connectivity index (χ4v) is 3.60. The smallest absolute Gasteiger partial charge is 0.244 e. The zero-order valence-electron chi connectivity index (χ0n) is 10.3. The summed E-state index contributed by atoms with van der Waals surface area (Å²) in [6, 6.07) is 2.01. The fraction of sp³-hybridized carbons (Fsp3) is 0.250. The summed E-state index contributed by atoms with van der Waals surface area (Å²) in [4.78, 5) is 12.9. The average molecular weight is 352 g/mol. The van der Waals surface area contributed by atoms with Crippen molar-refractivity contribution in [3.05, 3.63) is 39.5 Å². The Labute approximate surface area is 126 Å². The van der Waals surface area contributed by atoms with E-state index in [1.807, 2.05) is 11.4 Å². The van der Waals surface area contributed by atoms with Crippen molar-refractivity contribution in [3.8, 4) is 10.7 Å². The van der Waals surface area contributed by atoms with Gasteiger partial charge in [-0.25, -0.2) is 4.98 Å². The van der Waals surface area contributed by atoms with Gasteiger partial charge in [-0.15, -0.1) is 11.3 Å². The van der Waals surface area contributed by atoms with Crippen LogP contribution in [0.5, 0.6) is 0 Å². The number of fused-ring (bicyclic) bond motifs is 1. The Morgan fingerprint density at radius 2 is 2.40 bits per heavy atom. The minimum absolute atomic E-state index is 0.0236. The lowest BCUT2D eigenvalue weighted by Crippen LogP contribution is -2.28. The predicted molar refractivity (Wildman–Crippen MR) is 77.2 cm³/mol. The van der Waals surface area contributed by atoms with Gasteiger partial charge in [0.25, 0.3) is 0 Å². The number of H-pyrrole nitrogens is 1. The zero-order chi connectivity index (χ0) is 13.5. The Hall–Kier alpha value is -1.51. The number of hydrogen-bond acceptors (Lipinski definition) is 6. The molecule has 20 heavy (non-hydrogen) atoms. The molecule has 3 aromatic heterocycles. The van der Waals surface area contributed by atoms with Crippen LogP contribution in [0.15, 0.2) is 26.8 Å². The number of nitrogens with one attached hydrogen (secondary N) is 2. The number of nitrogens with zero attached hydrogens (tertiary/aromatic N) is 3. The lowest BCUT2D eigenvalue weighted by atomic mass is 10.1. The van der Waals surface area contributed by atoms with Gasteiger partial charge < -0.3 is 9.51 Å². The van der Waals surface area contributed by atoms with Crippen molar-refractivity contribution in [2.75, 3.05) is 0 Å². The molecule has 0 spiro atoms. The molecule has 102 valence electrons. The molecule has 3 aromatic rings. The number of halogens is 1. The molecule has 2 N–H and O–H groups in total. The summed E-state index contributed by atoms with van der Waals surface area (Å²) < 4.78 is 6.42. The van der Waals surface area contributed by atoms with E-state index >= 15 is 0 Å². The van der Waals surface area contributed by atoms with Gasteiger partial charge in [0.05, 0.1) is 28.6 Å². The average Bonchev–Trinajstić information content (AvgIpc) is 3.17. The van der Waals surface area contributed by atoms with Gasteiger partial charge >= 0.3 is 0 Å². The maximum atomic E-state index is 5.39. The first-order valence-corrected chi connectivity index (χ1v) is 7.79.